The fraction of sp³-hybridized carbons (Fsp3) is 0.571. The van der Waals surface area contributed by atoms with Gasteiger partial charge in [0, 0.05) is 12.8 Å². The number of nitrogens with zero attached hydrogens (tertiary/aromatic N) is 1. The lowest BCUT2D eigenvalue weighted by atomic mass is 10.2. The number of ether oxygens (including phenoxy) is 1. The smallest absolute Gasteiger partial charge is 0.363 e. The van der Waals surface area contributed by atoms with E-state index in [0.29, 0.717) is 0 Å². The quantitative estimate of drug-likeness (QED) is 0.799. The van der Waals surface area contributed by atoms with Crippen LogP contribution in [0.15, 0.2) is 12.3 Å². The van der Waals surface area contributed by atoms with Gasteiger partial charge in [0.2, 0.25) is 0 Å². The number of nitrogens with one attached hydrogen (secondary N) is 1. The Morgan fingerprint density at radius 1 is 1.62 bits per heavy atom. The molecule has 0 aliphatic heterocycles. The van der Waals surface area contributed by atoms with Gasteiger partial charge < -0.3 is 4.74 Å². The second kappa shape index (κ2) is 3.78. The molecule has 1 aromatic rings. The monoisotopic (exact) mass is 194 g/mol. The lowest BCUT2D eigenvalue weighted by Gasteiger charge is -2.18. The minimum Gasteiger partial charge on any atom is -0.363 e. The second-order valence-electron chi connectivity index (χ2n) is 2.39. The first-order chi connectivity index (χ1) is 6.05. The standard InChI is InChI=1S/C7H9F3N2O/c1-2-13-6(7(8,9)10)5-3-4-11-12-5/h3-4,6H,2H2,1H3,(H,11,12). The van der Waals surface area contributed by atoms with E-state index in [4.69, 9.17) is 0 Å². The summed E-state index contributed by atoms with van der Waals surface area (Å²) in [5.74, 6) is 0. The van der Waals surface area contributed by atoms with E-state index in [9.17, 15) is 13.2 Å². The lowest BCUT2D eigenvalue weighted by Crippen LogP contribution is -2.24. The van der Waals surface area contributed by atoms with Crippen LogP contribution in [0.1, 0.15) is 18.7 Å². The third-order valence-corrected chi connectivity index (χ3v) is 1.44. The fourth-order valence-electron chi connectivity index (χ4n) is 0.940. The van der Waals surface area contributed by atoms with Crippen molar-refractivity contribution in [3.05, 3.63) is 18.0 Å². The molecule has 1 heterocycles. The van der Waals surface area contributed by atoms with Gasteiger partial charge in [-0.3, -0.25) is 5.10 Å². The molecule has 0 saturated carbocycles. The predicted octanol–water partition coefficient (Wildman–Crippen LogP) is 2.05. The zero-order valence-corrected chi connectivity index (χ0v) is 6.93. The summed E-state index contributed by atoms with van der Waals surface area (Å²) in [5.41, 5.74) is -0.0747. The molecule has 0 aliphatic rings. The van der Waals surface area contributed by atoms with Crippen molar-refractivity contribution >= 4 is 0 Å². The van der Waals surface area contributed by atoms with Crippen molar-refractivity contribution in [2.75, 3.05) is 6.61 Å². The van der Waals surface area contributed by atoms with E-state index in [-0.39, 0.29) is 12.3 Å². The fourth-order valence-corrected chi connectivity index (χ4v) is 0.940. The van der Waals surface area contributed by atoms with Crippen LogP contribution in [0.2, 0.25) is 0 Å². The van der Waals surface area contributed by atoms with Crippen molar-refractivity contribution in [3.63, 3.8) is 0 Å². The van der Waals surface area contributed by atoms with Crippen LogP contribution in [0.25, 0.3) is 0 Å². The van der Waals surface area contributed by atoms with Gasteiger partial charge in [0.15, 0.2) is 6.10 Å². The molecule has 0 aromatic carbocycles. The van der Waals surface area contributed by atoms with Crippen LogP contribution in [0.4, 0.5) is 13.2 Å². The summed E-state index contributed by atoms with van der Waals surface area (Å²) in [4.78, 5) is 0. The van der Waals surface area contributed by atoms with Crippen LogP contribution >= 0.6 is 0 Å². The molecule has 0 saturated heterocycles. The van der Waals surface area contributed by atoms with Gasteiger partial charge in [-0.05, 0) is 13.0 Å². The van der Waals surface area contributed by atoms with Crippen LogP contribution in [0, 0.1) is 0 Å². The molecular formula is C7H9F3N2O. The molecule has 1 aromatic heterocycles. The molecule has 0 aliphatic carbocycles. The number of halogens is 3. The first-order valence-corrected chi connectivity index (χ1v) is 3.73. The van der Waals surface area contributed by atoms with Gasteiger partial charge >= 0.3 is 6.18 Å². The van der Waals surface area contributed by atoms with Gasteiger partial charge in [-0.2, -0.15) is 18.3 Å². The maximum Gasteiger partial charge on any atom is 0.420 e. The third-order valence-electron chi connectivity index (χ3n) is 1.44. The SMILES string of the molecule is CCOC(c1ccn[nH]1)C(F)(F)F. The molecule has 0 bridgehead atoms. The van der Waals surface area contributed by atoms with Gasteiger partial charge in [0.1, 0.15) is 0 Å². The number of hydrogen-bond acceptors (Lipinski definition) is 2. The van der Waals surface area contributed by atoms with E-state index in [1.54, 1.807) is 0 Å². The second-order valence-corrected chi connectivity index (χ2v) is 2.39. The van der Waals surface area contributed by atoms with E-state index >= 15 is 0 Å². The zero-order chi connectivity index (χ0) is 9.90. The number of aromatic amines is 1. The summed E-state index contributed by atoms with van der Waals surface area (Å²) in [5, 5.41) is 5.67. The molecule has 0 spiro atoms. The molecule has 1 N–H and O–H groups in total. The van der Waals surface area contributed by atoms with Crippen LogP contribution in [0.5, 0.6) is 0 Å². The van der Waals surface area contributed by atoms with Gasteiger partial charge in [0.25, 0.3) is 0 Å². The first-order valence-electron chi connectivity index (χ1n) is 3.73. The van der Waals surface area contributed by atoms with Crippen molar-refractivity contribution in [2.24, 2.45) is 0 Å². The number of hydrogen-bond donors (Lipinski definition) is 1. The normalized spacial score (nSPS) is 14.5. The van der Waals surface area contributed by atoms with E-state index in [1.165, 1.54) is 19.2 Å². The molecule has 6 heteroatoms. The van der Waals surface area contributed by atoms with Crippen molar-refractivity contribution in [1.29, 1.82) is 0 Å². The molecule has 0 fully saturated rings. The number of rotatable bonds is 3. The summed E-state index contributed by atoms with van der Waals surface area (Å²) in [6, 6.07) is 1.24. The Morgan fingerprint density at radius 3 is 2.69 bits per heavy atom. The molecule has 3 nitrogen and oxygen atoms in total. The zero-order valence-electron chi connectivity index (χ0n) is 6.93. The lowest BCUT2D eigenvalue weighted by molar-refractivity contribution is -0.223. The largest absolute Gasteiger partial charge is 0.420 e. The Kier molecular flexibility index (Phi) is 2.92. The highest BCUT2D eigenvalue weighted by atomic mass is 19.4. The molecule has 1 atom stereocenters. The van der Waals surface area contributed by atoms with Crippen LogP contribution in [0.3, 0.4) is 0 Å². The number of alkyl halides is 3. The highest BCUT2D eigenvalue weighted by Crippen LogP contribution is 2.34. The van der Waals surface area contributed by atoms with Crippen molar-refractivity contribution in [2.45, 2.75) is 19.2 Å². The van der Waals surface area contributed by atoms with E-state index < -0.39 is 12.3 Å². The first kappa shape index (κ1) is 10.0. The van der Waals surface area contributed by atoms with E-state index in [0.717, 1.165) is 0 Å². The maximum absolute atomic E-state index is 12.3. The van der Waals surface area contributed by atoms with Gasteiger partial charge in [-0.1, -0.05) is 0 Å². The van der Waals surface area contributed by atoms with E-state index in [1.807, 2.05) is 0 Å². The number of aromatic nitrogens is 2. The Balaban J connectivity index is 2.81. The Labute approximate surface area is 72.9 Å². The molecule has 1 rings (SSSR count). The Morgan fingerprint density at radius 2 is 2.31 bits per heavy atom. The van der Waals surface area contributed by atoms with Crippen LogP contribution in [-0.2, 0) is 4.74 Å². The van der Waals surface area contributed by atoms with Crippen LogP contribution < -0.4 is 0 Å². The highest BCUT2D eigenvalue weighted by molar-refractivity contribution is 5.04. The maximum atomic E-state index is 12.3. The topological polar surface area (TPSA) is 37.9 Å². The summed E-state index contributed by atoms with van der Waals surface area (Å²) < 4.78 is 41.4. The number of H-pyrrole nitrogens is 1. The molecule has 74 valence electrons. The van der Waals surface area contributed by atoms with Crippen molar-refractivity contribution < 1.29 is 17.9 Å². The summed E-state index contributed by atoms with van der Waals surface area (Å²) in [6.45, 7) is 1.51. The minimum atomic E-state index is -4.40. The van der Waals surface area contributed by atoms with Gasteiger partial charge in [-0.25, -0.2) is 0 Å². The predicted molar refractivity (Wildman–Crippen MR) is 39.0 cm³/mol. The van der Waals surface area contributed by atoms with E-state index in [2.05, 4.69) is 14.9 Å². The summed E-state index contributed by atoms with van der Waals surface area (Å²) in [6.07, 6.45) is -5.05. The van der Waals surface area contributed by atoms with Gasteiger partial charge in [-0.15, -0.1) is 0 Å². The average Bonchev–Trinajstić information content (AvgIpc) is 2.49. The minimum absolute atomic E-state index is 0.00317. The molecule has 1 unspecified atom stereocenters. The molecular weight excluding hydrogens is 185 g/mol. The molecule has 0 amide bonds. The van der Waals surface area contributed by atoms with Crippen molar-refractivity contribution in [1.82, 2.24) is 10.2 Å². The Hall–Kier alpha value is -1.04. The highest BCUT2D eigenvalue weighted by Gasteiger charge is 2.42. The van der Waals surface area contributed by atoms with Crippen LogP contribution in [-0.4, -0.2) is 23.0 Å². The third kappa shape index (κ3) is 2.45. The summed E-state index contributed by atoms with van der Waals surface area (Å²) in [7, 11) is 0. The summed E-state index contributed by atoms with van der Waals surface area (Å²) >= 11 is 0. The molecule has 13 heavy (non-hydrogen) atoms. The Bertz CT molecular complexity index is 245. The average molecular weight is 194 g/mol. The van der Waals surface area contributed by atoms with Gasteiger partial charge in [0.05, 0.1) is 5.69 Å². The molecule has 0 radical (unpaired) electrons. The van der Waals surface area contributed by atoms with Crippen molar-refractivity contribution in [3.8, 4) is 0 Å².